The molecule has 1 atom stereocenters. The minimum absolute atomic E-state index is 0.162. The molecule has 1 fully saturated rings. The lowest BCUT2D eigenvalue weighted by Crippen LogP contribution is -2.33. The van der Waals surface area contributed by atoms with Crippen molar-refractivity contribution in [3.05, 3.63) is 40.8 Å². The van der Waals surface area contributed by atoms with Crippen molar-refractivity contribution in [1.82, 2.24) is 14.7 Å². The number of rotatable bonds is 3. The second-order valence-corrected chi connectivity index (χ2v) is 5.44. The van der Waals surface area contributed by atoms with Crippen molar-refractivity contribution in [2.45, 2.75) is 25.4 Å². The summed E-state index contributed by atoms with van der Waals surface area (Å²) in [6.45, 7) is 1.21. The number of hydrogen-bond acceptors (Lipinski definition) is 3. The van der Waals surface area contributed by atoms with E-state index in [9.17, 15) is 4.79 Å². The van der Waals surface area contributed by atoms with Crippen LogP contribution < -0.4 is 0 Å². The van der Waals surface area contributed by atoms with Gasteiger partial charge in [-0.1, -0.05) is 6.07 Å². The van der Waals surface area contributed by atoms with Crippen LogP contribution in [0.25, 0.3) is 0 Å². The van der Waals surface area contributed by atoms with E-state index < -0.39 is 0 Å². The second-order valence-electron chi connectivity index (χ2n) is 4.46. The Bertz CT molecular complexity index is 506. The molecule has 1 amide bonds. The number of thiophene rings is 1. The van der Waals surface area contributed by atoms with E-state index in [0.717, 1.165) is 19.4 Å². The van der Waals surface area contributed by atoms with Crippen LogP contribution >= 0.6 is 11.3 Å². The smallest absolute Gasteiger partial charge is 0.244 e. The Morgan fingerprint density at radius 1 is 1.50 bits per heavy atom. The third-order valence-corrected chi connectivity index (χ3v) is 4.27. The van der Waals surface area contributed by atoms with E-state index in [1.807, 2.05) is 17.2 Å². The zero-order valence-electron chi connectivity index (χ0n) is 10.0. The van der Waals surface area contributed by atoms with E-state index in [4.69, 9.17) is 0 Å². The van der Waals surface area contributed by atoms with Gasteiger partial charge in [-0.15, -0.1) is 11.3 Å². The molecule has 0 N–H and O–H groups in total. The zero-order chi connectivity index (χ0) is 12.4. The topological polar surface area (TPSA) is 38.1 Å². The van der Waals surface area contributed by atoms with Gasteiger partial charge >= 0.3 is 0 Å². The van der Waals surface area contributed by atoms with Gasteiger partial charge in [0.25, 0.3) is 0 Å². The largest absolute Gasteiger partial charge is 0.333 e. The Kier molecular flexibility index (Phi) is 3.15. The first-order chi connectivity index (χ1) is 8.84. The first-order valence-corrected chi connectivity index (χ1v) is 7.03. The number of carbonyl (C=O) groups excluding carboxylic acids is 1. The number of nitrogens with zero attached hydrogens (tertiary/aromatic N) is 3. The summed E-state index contributed by atoms with van der Waals surface area (Å²) in [7, 11) is 0. The molecule has 3 rings (SSSR count). The van der Waals surface area contributed by atoms with E-state index in [1.54, 1.807) is 22.2 Å². The number of hydrogen-bond donors (Lipinski definition) is 0. The molecule has 0 bridgehead atoms. The first-order valence-electron chi connectivity index (χ1n) is 6.15. The fourth-order valence-electron chi connectivity index (χ4n) is 2.47. The SMILES string of the molecule is O=C(Cn1cccn1)N1CCC[C@H]1c1cccs1. The molecular weight excluding hydrogens is 246 g/mol. The molecule has 94 valence electrons. The Labute approximate surface area is 110 Å². The molecule has 0 radical (unpaired) electrons. The van der Waals surface area contributed by atoms with Crippen LogP contribution in [0.1, 0.15) is 23.8 Å². The van der Waals surface area contributed by atoms with Crippen LogP contribution in [0.3, 0.4) is 0 Å². The van der Waals surface area contributed by atoms with E-state index in [1.165, 1.54) is 4.88 Å². The van der Waals surface area contributed by atoms with Crippen LogP contribution in [0.5, 0.6) is 0 Å². The van der Waals surface area contributed by atoms with Gasteiger partial charge in [0.1, 0.15) is 6.54 Å². The summed E-state index contributed by atoms with van der Waals surface area (Å²) in [6.07, 6.45) is 5.70. The van der Waals surface area contributed by atoms with Gasteiger partial charge in [-0.25, -0.2) is 0 Å². The maximum Gasteiger partial charge on any atom is 0.244 e. The minimum Gasteiger partial charge on any atom is -0.333 e. The molecule has 1 saturated heterocycles. The van der Waals surface area contributed by atoms with E-state index in [2.05, 4.69) is 22.6 Å². The third-order valence-electron chi connectivity index (χ3n) is 3.30. The minimum atomic E-state index is 0.162. The molecule has 0 aliphatic carbocycles. The van der Waals surface area contributed by atoms with E-state index in [-0.39, 0.29) is 11.9 Å². The molecule has 2 aromatic heterocycles. The van der Waals surface area contributed by atoms with Gasteiger partial charge in [0.15, 0.2) is 0 Å². The van der Waals surface area contributed by atoms with Crippen LogP contribution in [-0.2, 0) is 11.3 Å². The highest BCUT2D eigenvalue weighted by Crippen LogP contribution is 2.34. The summed E-state index contributed by atoms with van der Waals surface area (Å²) >= 11 is 1.73. The van der Waals surface area contributed by atoms with Gasteiger partial charge in [0, 0.05) is 23.8 Å². The monoisotopic (exact) mass is 261 g/mol. The molecular formula is C13H15N3OS. The Morgan fingerprint density at radius 2 is 2.44 bits per heavy atom. The van der Waals surface area contributed by atoms with Gasteiger partial charge in [-0.2, -0.15) is 5.10 Å². The number of likely N-dealkylation sites (tertiary alicyclic amines) is 1. The van der Waals surface area contributed by atoms with Crippen LogP contribution in [0.4, 0.5) is 0 Å². The molecule has 1 aliphatic heterocycles. The quantitative estimate of drug-likeness (QED) is 0.850. The molecule has 0 spiro atoms. The maximum absolute atomic E-state index is 12.3. The highest BCUT2D eigenvalue weighted by atomic mass is 32.1. The normalized spacial score (nSPS) is 19.3. The van der Waals surface area contributed by atoms with Crippen molar-refractivity contribution < 1.29 is 4.79 Å². The summed E-state index contributed by atoms with van der Waals surface area (Å²) in [6, 6.07) is 6.28. The Balaban J connectivity index is 1.73. The fraction of sp³-hybridized carbons (Fsp3) is 0.385. The van der Waals surface area contributed by atoms with Crippen molar-refractivity contribution in [1.29, 1.82) is 0 Å². The van der Waals surface area contributed by atoms with Crippen LogP contribution in [0.15, 0.2) is 36.0 Å². The van der Waals surface area contributed by atoms with Crippen molar-refractivity contribution >= 4 is 17.2 Å². The van der Waals surface area contributed by atoms with Crippen molar-refractivity contribution in [2.75, 3.05) is 6.54 Å². The summed E-state index contributed by atoms with van der Waals surface area (Å²) < 4.78 is 1.69. The molecule has 0 aromatic carbocycles. The zero-order valence-corrected chi connectivity index (χ0v) is 10.8. The lowest BCUT2D eigenvalue weighted by Gasteiger charge is -2.23. The summed E-state index contributed by atoms with van der Waals surface area (Å²) in [4.78, 5) is 15.6. The molecule has 4 nitrogen and oxygen atoms in total. The van der Waals surface area contributed by atoms with E-state index in [0.29, 0.717) is 6.54 Å². The molecule has 1 aliphatic rings. The Hall–Kier alpha value is -1.62. The molecule has 3 heterocycles. The first kappa shape index (κ1) is 11.5. The molecule has 0 saturated carbocycles. The molecule has 0 unspecified atom stereocenters. The molecule has 5 heteroatoms. The van der Waals surface area contributed by atoms with Crippen LogP contribution in [-0.4, -0.2) is 27.1 Å². The van der Waals surface area contributed by atoms with Crippen LogP contribution in [0.2, 0.25) is 0 Å². The van der Waals surface area contributed by atoms with Crippen LogP contribution in [0, 0.1) is 0 Å². The van der Waals surface area contributed by atoms with Gasteiger partial charge in [-0.3, -0.25) is 9.48 Å². The lowest BCUT2D eigenvalue weighted by molar-refractivity contribution is -0.132. The average molecular weight is 261 g/mol. The van der Waals surface area contributed by atoms with Crippen molar-refractivity contribution in [2.24, 2.45) is 0 Å². The Morgan fingerprint density at radius 3 is 3.17 bits per heavy atom. The second kappa shape index (κ2) is 4.94. The number of aromatic nitrogens is 2. The van der Waals surface area contributed by atoms with Gasteiger partial charge in [-0.05, 0) is 30.4 Å². The highest BCUT2D eigenvalue weighted by Gasteiger charge is 2.30. The predicted molar refractivity (Wildman–Crippen MR) is 70.2 cm³/mol. The van der Waals surface area contributed by atoms with Crippen molar-refractivity contribution in [3.8, 4) is 0 Å². The number of amides is 1. The van der Waals surface area contributed by atoms with Crippen molar-refractivity contribution in [3.63, 3.8) is 0 Å². The number of carbonyl (C=O) groups is 1. The summed E-state index contributed by atoms with van der Waals surface area (Å²) in [5.74, 6) is 0.162. The molecule has 2 aromatic rings. The highest BCUT2D eigenvalue weighted by molar-refractivity contribution is 7.10. The third kappa shape index (κ3) is 2.18. The van der Waals surface area contributed by atoms with Gasteiger partial charge < -0.3 is 4.90 Å². The summed E-state index contributed by atoms with van der Waals surface area (Å²) in [5.41, 5.74) is 0. The average Bonchev–Trinajstić information content (AvgIpc) is 3.11. The lowest BCUT2D eigenvalue weighted by atomic mass is 10.2. The summed E-state index contributed by atoms with van der Waals surface area (Å²) in [5, 5.41) is 6.16. The maximum atomic E-state index is 12.3. The standard InChI is InChI=1S/C13H15N3OS/c17-13(10-15-7-3-6-14-15)16-8-1-4-11(16)12-5-2-9-18-12/h2-3,5-7,9,11H,1,4,8,10H2/t11-/m0/s1. The van der Waals surface area contributed by atoms with E-state index >= 15 is 0 Å². The van der Waals surface area contributed by atoms with Gasteiger partial charge in [0.05, 0.1) is 6.04 Å². The fourth-order valence-corrected chi connectivity index (χ4v) is 3.34. The van der Waals surface area contributed by atoms with Gasteiger partial charge in [0.2, 0.25) is 5.91 Å². The molecule has 18 heavy (non-hydrogen) atoms. The predicted octanol–water partition coefficient (Wildman–Crippen LogP) is 2.31.